The van der Waals surface area contributed by atoms with Crippen LogP contribution in [0.5, 0.6) is 5.75 Å². The van der Waals surface area contributed by atoms with Crippen LogP contribution in [0.25, 0.3) is 0 Å². The maximum Gasteiger partial charge on any atom is 0.261 e. The number of benzene rings is 2. The Kier molecular flexibility index (Phi) is 9.63. The summed E-state index contributed by atoms with van der Waals surface area (Å²) in [4.78, 5) is 12.9. The number of ether oxygens (including phenoxy) is 1. The number of thiocarbonyl (C=S) groups is 1. The molecule has 174 valence electrons. The lowest BCUT2D eigenvalue weighted by molar-refractivity contribution is 0.0973. The quantitative estimate of drug-likeness (QED) is 0.398. The van der Waals surface area contributed by atoms with Crippen molar-refractivity contribution in [3.8, 4) is 5.75 Å². The van der Waals surface area contributed by atoms with Gasteiger partial charge in [-0.2, -0.15) is 0 Å². The van der Waals surface area contributed by atoms with Crippen LogP contribution in [-0.4, -0.2) is 32.1 Å². The summed E-state index contributed by atoms with van der Waals surface area (Å²) in [5, 5.41) is 5.60. The zero-order valence-corrected chi connectivity index (χ0v) is 21.7. The number of hydrogen-bond donors (Lipinski definition) is 3. The molecule has 2 aromatic carbocycles. The van der Waals surface area contributed by atoms with E-state index in [9.17, 15) is 13.2 Å². The average Bonchev–Trinajstić information content (AvgIpc) is 2.68. The van der Waals surface area contributed by atoms with Gasteiger partial charge in [0.25, 0.3) is 5.91 Å². The first-order chi connectivity index (χ1) is 15.0. The molecule has 1 amide bonds. The number of amides is 1. The molecular formula is C22H28BrN3O4S2. The average molecular weight is 543 g/mol. The third-order valence-corrected chi connectivity index (χ3v) is 6.55. The smallest absolute Gasteiger partial charge is 0.261 e. The summed E-state index contributed by atoms with van der Waals surface area (Å²) in [6.07, 6.45) is 0.871. The highest BCUT2D eigenvalue weighted by molar-refractivity contribution is 9.10. The molecule has 10 heteroatoms. The van der Waals surface area contributed by atoms with Gasteiger partial charge in [0.05, 0.1) is 17.1 Å². The molecule has 0 aliphatic rings. The summed E-state index contributed by atoms with van der Waals surface area (Å²) >= 11 is 8.62. The normalized spacial score (nSPS) is 11.5. The van der Waals surface area contributed by atoms with Gasteiger partial charge in [0.2, 0.25) is 10.0 Å². The molecule has 2 rings (SSSR count). The Hall–Kier alpha value is -2.01. The lowest BCUT2D eigenvalue weighted by atomic mass is 10.1. The van der Waals surface area contributed by atoms with Crippen molar-refractivity contribution in [1.82, 2.24) is 10.0 Å². The zero-order chi connectivity index (χ0) is 23.9. The Bertz CT molecular complexity index is 1060. The molecule has 0 atom stereocenters. The second kappa shape index (κ2) is 11.7. The Morgan fingerprint density at radius 3 is 2.34 bits per heavy atom. The van der Waals surface area contributed by atoms with Gasteiger partial charge in [-0.1, -0.05) is 29.8 Å². The maximum absolute atomic E-state index is 12.8. The molecule has 0 heterocycles. The Morgan fingerprint density at radius 2 is 1.75 bits per heavy atom. The Balaban J connectivity index is 2.04. The van der Waals surface area contributed by atoms with E-state index in [4.69, 9.17) is 17.0 Å². The molecule has 0 saturated carbocycles. The number of rotatable bonds is 9. The minimum absolute atomic E-state index is 0.0824. The van der Waals surface area contributed by atoms with Crippen molar-refractivity contribution in [2.45, 2.75) is 45.1 Å². The van der Waals surface area contributed by atoms with E-state index < -0.39 is 15.9 Å². The highest BCUT2D eigenvalue weighted by Gasteiger charge is 2.17. The molecular weight excluding hydrogens is 514 g/mol. The number of hydrogen-bond acceptors (Lipinski definition) is 5. The van der Waals surface area contributed by atoms with Crippen LogP contribution in [0.15, 0.2) is 51.8 Å². The number of carbonyl (C=O) groups is 1. The first kappa shape index (κ1) is 26.2. The fourth-order valence-electron chi connectivity index (χ4n) is 2.64. The molecule has 7 nitrogen and oxygen atoms in total. The van der Waals surface area contributed by atoms with Crippen LogP contribution in [0.3, 0.4) is 0 Å². The number of sulfonamides is 1. The summed E-state index contributed by atoms with van der Waals surface area (Å²) in [6, 6.07) is 11.1. The zero-order valence-electron chi connectivity index (χ0n) is 18.4. The van der Waals surface area contributed by atoms with Crippen molar-refractivity contribution in [3.63, 3.8) is 0 Å². The summed E-state index contributed by atoms with van der Waals surface area (Å²) < 4.78 is 33.5. The number of anilines is 1. The van der Waals surface area contributed by atoms with Crippen LogP contribution >= 0.6 is 28.1 Å². The van der Waals surface area contributed by atoms with Crippen LogP contribution in [0.1, 0.15) is 44.5 Å². The highest BCUT2D eigenvalue weighted by Crippen LogP contribution is 2.24. The minimum Gasteiger partial charge on any atom is -0.493 e. The van der Waals surface area contributed by atoms with Gasteiger partial charge < -0.3 is 10.1 Å². The molecule has 0 bridgehead atoms. The number of halogens is 1. The highest BCUT2D eigenvalue weighted by atomic mass is 79.9. The fourth-order valence-corrected chi connectivity index (χ4v) is 4.46. The first-order valence-corrected chi connectivity index (χ1v) is 12.8. The third-order valence-electron chi connectivity index (χ3n) is 4.18. The predicted octanol–water partition coefficient (Wildman–Crippen LogP) is 4.69. The van der Waals surface area contributed by atoms with Gasteiger partial charge in [-0.25, -0.2) is 13.1 Å². The van der Waals surface area contributed by atoms with Crippen LogP contribution in [0.2, 0.25) is 0 Å². The fraction of sp³-hybridized carbons (Fsp3) is 0.364. The van der Waals surface area contributed by atoms with Gasteiger partial charge in [-0.05, 0) is 80.9 Å². The van der Waals surface area contributed by atoms with Crippen molar-refractivity contribution >= 4 is 54.9 Å². The van der Waals surface area contributed by atoms with Crippen LogP contribution in [-0.2, 0) is 10.0 Å². The van der Waals surface area contributed by atoms with Gasteiger partial charge in [-0.15, -0.1) is 0 Å². The molecule has 0 unspecified atom stereocenters. The molecule has 0 aliphatic heterocycles. The minimum atomic E-state index is -3.58. The lowest BCUT2D eigenvalue weighted by Gasteiger charge is -2.14. The third kappa shape index (κ3) is 8.16. The van der Waals surface area contributed by atoms with E-state index in [1.807, 2.05) is 6.07 Å². The molecule has 0 saturated heterocycles. The predicted molar refractivity (Wildman–Crippen MR) is 135 cm³/mol. The summed E-state index contributed by atoms with van der Waals surface area (Å²) in [5.41, 5.74) is 0.898. The van der Waals surface area contributed by atoms with Gasteiger partial charge in [-0.3, -0.25) is 10.1 Å². The van der Waals surface area contributed by atoms with Crippen LogP contribution in [0.4, 0.5) is 5.69 Å². The topological polar surface area (TPSA) is 96.5 Å². The van der Waals surface area contributed by atoms with Gasteiger partial charge in [0.1, 0.15) is 5.75 Å². The Morgan fingerprint density at radius 1 is 1.09 bits per heavy atom. The van der Waals surface area contributed by atoms with Crippen molar-refractivity contribution in [1.29, 1.82) is 0 Å². The van der Waals surface area contributed by atoms with Crippen molar-refractivity contribution in [2.75, 3.05) is 11.9 Å². The van der Waals surface area contributed by atoms with E-state index in [1.165, 1.54) is 12.1 Å². The lowest BCUT2D eigenvalue weighted by Crippen LogP contribution is -2.34. The van der Waals surface area contributed by atoms with E-state index >= 15 is 0 Å². The summed E-state index contributed by atoms with van der Waals surface area (Å²) in [6.45, 7) is 8.21. The second-order valence-corrected chi connectivity index (χ2v) is 10.9. The molecule has 0 spiro atoms. The maximum atomic E-state index is 12.8. The standard InChI is InChI=1S/C22H28BrN3O4S2/c1-14(2)11-12-30-20-10-5-16(23)13-19(20)21(27)25-22(31)24-17-6-8-18(9-7-17)32(28,29)26-15(3)4/h5-10,13-15,26H,11-12H2,1-4H3,(H2,24,25,27,31). The molecule has 0 radical (unpaired) electrons. The molecule has 3 N–H and O–H groups in total. The molecule has 32 heavy (non-hydrogen) atoms. The first-order valence-electron chi connectivity index (χ1n) is 10.1. The van der Waals surface area contributed by atoms with E-state index in [0.29, 0.717) is 29.5 Å². The van der Waals surface area contributed by atoms with Gasteiger partial charge >= 0.3 is 0 Å². The van der Waals surface area contributed by atoms with Crippen LogP contribution in [0, 0.1) is 5.92 Å². The van der Waals surface area contributed by atoms with E-state index in [-0.39, 0.29) is 16.0 Å². The van der Waals surface area contributed by atoms with Crippen LogP contribution < -0.4 is 20.1 Å². The SMILES string of the molecule is CC(C)CCOc1ccc(Br)cc1C(=O)NC(=S)Nc1ccc(S(=O)(=O)NC(C)C)cc1. The second-order valence-electron chi connectivity index (χ2n) is 7.88. The van der Waals surface area contributed by atoms with Gasteiger partial charge in [0.15, 0.2) is 5.11 Å². The van der Waals surface area contributed by atoms with Crippen molar-refractivity contribution in [2.24, 2.45) is 5.92 Å². The summed E-state index contributed by atoms with van der Waals surface area (Å²) in [7, 11) is -3.58. The Labute approximate surface area is 203 Å². The number of nitrogens with one attached hydrogen (secondary N) is 3. The molecule has 0 aliphatic carbocycles. The molecule has 0 aromatic heterocycles. The van der Waals surface area contributed by atoms with Crippen molar-refractivity contribution in [3.05, 3.63) is 52.5 Å². The van der Waals surface area contributed by atoms with E-state index in [2.05, 4.69) is 45.1 Å². The van der Waals surface area contributed by atoms with E-state index in [0.717, 1.165) is 10.9 Å². The number of carbonyl (C=O) groups excluding carboxylic acids is 1. The molecule has 0 fully saturated rings. The van der Waals surface area contributed by atoms with E-state index in [1.54, 1.807) is 38.1 Å². The van der Waals surface area contributed by atoms with Crippen molar-refractivity contribution < 1.29 is 17.9 Å². The largest absolute Gasteiger partial charge is 0.493 e. The monoisotopic (exact) mass is 541 g/mol. The summed E-state index contributed by atoms with van der Waals surface area (Å²) in [5.74, 6) is 0.548. The molecule has 2 aromatic rings. The van der Waals surface area contributed by atoms with Gasteiger partial charge in [0, 0.05) is 16.2 Å².